The van der Waals surface area contributed by atoms with Crippen LogP contribution in [0.4, 0.5) is 0 Å². The molecule has 5 heteroatoms. The lowest BCUT2D eigenvalue weighted by Crippen LogP contribution is -2.35. The van der Waals surface area contributed by atoms with E-state index in [2.05, 4.69) is 5.32 Å². The number of benzene rings is 2. The second-order valence-corrected chi connectivity index (χ2v) is 5.21. The van der Waals surface area contributed by atoms with Crippen molar-refractivity contribution < 1.29 is 19.0 Å². The van der Waals surface area contributed by atoms with Gasteiger partial charge in [-0.3, -0.25) is 4.79 Å². The van der Waals surface area contributed by atoms with E-state index in [4.69, 9.17) is 14.2 Å². The molecule has 2 rings (SSSR count). The van der Waals surface area contributed by atoms with E-state index in [-0.39, 0.29) is 5.91 Å². The predicted octanol–water partition coefficient (Wildman–Crippen LogP) is 3.18. The SMILES string of the molecule is CCOc1ccc(CNC(=O)C(C)Oc2ccccc2OC)cc1. The Bertz CT molecular complexity index is 655. The van der Waals surface area contributed by atoms with E-state index in [0.717, 1.165) is 11.3 Å². The molecule has 0 aromatic heterocycles. The molecule has 1 N–H and O–H groups in total. The van der Waals surface area contributed by atoms with Crippen LogP contribution in [0, 0.1) is 0 Å². The summed E-state index contributed by atoms with van der Waals surface area (Å²) in [5.74, 6) is 1.78. The van der Waals surface area contributed by atoms with E-state index in [0.29, 0.717) is 24.7 Å². The van der Waals surface area contributed by atoms with Crippen LogP contribution in [-0.4, -0.2) is 25.7 Å². The molecule has 24 heavy (non-hydrogen) atoms. The van der Waals surface area contributed by atoms with Crippen LogP contribution in [0.15, 0.2) is 48.5 Å². The molecule has 0 bridgehead atoms. The maximum Gasteiger partial charge on any atom is 0.261 e. The largest absolute Gasteiger partial charge is 0.494 e. The average Bonchev–Trinajstić information content (AvgIpc) is 2.61. The number of hydrogen-bond donors (Lipinski definition) is 1. The average molecular weight is 329 g/mol. The van der Waals surface area contributed by atoms with Crippen LogP contribution in [0.5, 0.6) is 17.2 Å². The first-order chi connectivity index (χ1) is 11.6. The third-order valence-electron chi connectivity index (χ3n) is 3.44. The summed E-state index contributed by atoms with van der Waals surface area (Å²) in [7, 11) is 1.57. The number of amides is 1. The van der Waals surface area contributed by atoms with Crippen molar-refractivity contribution in [3.63, 3.8) is 0 Å². The zero-order valence-electron chi connectivity index (χ0n) is 14.2. The van der Waals surface area contributed by atoms with Crippen molar-refractivity contribution in [2.24, 2.45) is 0 Å². The van der Waals surface area contributed by atoms with Crippen LogP contribution in [0.3, 0.4) is 0 Å². The quantitative estimate of drug-likeness (QED) is 0.808. The van der Waals surface area contributed by atoms with Gasteiger partial charge in [-0.25, -0.2) is 0 Å². The van der Waals surface area contributed by atoms with Crippen molar-refractivity contribution >= 4 is 5.91 Å². The molecule has 0 radical (unpaired) electrons. The topological polar surface area (TPSA) is 56.8 Å². The molecule has 5 nitrogen and oxygen atoms in total. The number of hydrogen-bond acceptors (Lipinski definition) is 4. The zero-order valence-corrected chi connectivity index (χ0v) is 14.2. The minimum Gasteiger partial charge on any atom is -0.494 e. The van der Waals surface area contributed by atoms with E-state index in [1.807, 2.05) is 43.3 Å². The number of para-hydroxylation sites is 2. The molecule has 0 saturated carbocycles. The molecule has 2 aromatic rings. The van der Waals surface area contributed by atoms with Crippen LogP contribution in [0.1, 0.15) is 19.4 Å². The Morgan fingerprint density at radius 3 is 2.38 bits per heavy atom. The van der Waals surface area contributed by atoms with E-state index >= 15 is 0 Å². The van der Waals surface area contributed by atoms with Gasteiger partial charge in [0.15, 0.2) is 17.6 Å². The number of nitrogens with one attached hydrogen (secondary N) is 1. The van der Waals surface area contributed by atoms with Gasteiger partial charge in [0.25, 0.3) is 5.91 Å². The van der Waals surface area contributed by atoms with Crippen molar-refractivity contribution in [3.05, 3.63) is 54.1 Å². The first-order valence-electron chi connectivity index (χ1n) is 7.93. The van der Waals surface area contributed by atoms with Gasteiger partial charge in [-0.05, 0) is 43.7 Å². The number of ether oxygens (including phenoxy) is 3. The molecule has 2 aromatic carbocycles. The van der Waals surface area contributed by atoms with E-state index in [1.165, 1.54) is 0 Å². The minimum absolute atomic E-state index is 0.185. The molecule has 1 atom stereocenters. The number of carbonyl (C=O) groups is 1. The smallest absolute Gasteiger partial charge is 0.261 e. The summed E-state index contributed by atoms with van der Waals surface area (Å²) >= 11 is 0. The Labute approximate surface area is 142 Å². The van der Waals surface area contributed by atoms with Crippen molar-refractivity contribution in [2.75, 3.05) is 13.7 Å². The summed E-state index contributed by atoms with van der Waals surface area (Å²) in [6, 6.07) is 14.9. The normalized spacial score (nSPS) is 11.5. The molecule has 128 valence electrons. The Morgan fingerprint density at radius 2 is 1.75 bits per heavy atom. The molecule has 0 aliphatic carbocycles. The molecule has 0 fully saturated rings. The van der Waals surface area contributed by atoms with Crippen LogP contribution in [0.25, 0.3) is 0 Å². The lowest BCUT2D eigenvalue weighted by atomic mass is 10.2. The summed E-state index contributed by atoms with van der Waals surface area (Å²) in [6.07, 6.45) is -0.621. The molecule has 0 aliphatic heterocycles. The Kier molecular flexibility index (Phi) is 6.49. The lowest BCUT2D eigenvalue weighted by Gasteiger charge is -2.16. The highest BCUT2D eigenvalue weighted by Crippen LogP contribution is 2.26. The second-order valence-electron chi connectivity index (χ2n) is 5.21. The highest BCUT2D eigenvalue weighted by Gasteiger charge is 2.16. The van der Waals surface area contributed by atoms with E-state index in [9.17, 15) is 4.79 Å². The summed E-state index contributed by atoms with van der Waals surface area (Å²) in [4.78, 5) is 12.2. The summed E-state index contributed by atoms with van der Waals surface area (Å²) < 4.78 is 16.3. The van der Waals surface area contributed by atoms with Crippen molar-refractivity contribution in [1.82, 2.24) is 5.32 Å². The maximum absolute atomic E-state index is 12.2. The molecule has 0 heterocycles. The summed E-state index contributed by atoms with van der Waals surface area (Å²) in [5.41, 5.74) is 0.997. The first-order valence-corrected chi connectivity index (χ1v) is 7.93. The molecular formula is C19H23NO4. The van der Waals surface area contributed by atoms with E-state index in [1.54, 1.807) is 26.2 Å². The fraction of sp³-hybridized carbons (Fsp3) is 0.316. The second kappa shape index (κ2) is 8.82. The fourth-order valence-corrected chi connectivity index (χ4v) is 2.16. The molecule has 0 aliphatic rings. The van der Waals surface area contributed by atoms with Gasteiger partial charge >= 0.3 is 0 Å². The van der Waals surface area contributed by atoms with Crippen LogP contribution in [-0.2, 0) is 11.3 Å². The number of rotatable bonds is 8. The van der Waals surface area contributed by atoms with Gasteiger partial charge < -0.3 is 19.5 Å². The molecule has 0 saturated heterocycles. The highest BCUT2D eigenvalue weighted by molar-refractivity contribution is 5.80. The Hall–Kier alpha value is -2.69. The van der Waals surface area contributed by atoms with Gasteiger partial charge in [0.05, 0.1) is 13.7 Å². The molecular weight excluding hydrogens is 306 g/mol. The molecule has 1 unspecified atom stereocenters. The Morgan fingerprint density at radius 1 is 1.08 bits per heavy atom. The third kappa shape index (κ3) is 4.91. The Balaban J connectivity index is 1.87. The van der Waals surface area contributed by atoms with Crippen LogP contribution in [0.2, 0.25) is 0 Å². The zero-order chi connectivity index (χ0) is 17.4. The van der Waals surface area contributed by atoms with Crippen molar-refractivity contribution in [2.45, 2.75) is 26.5 Å². The lowest BCUT2D eigenvalue weighted by molar-refractivity contribution is -0.127. The monoisotopic (exact) mass is 329 g/mol. The van der Waals surface area contributed by atoms with Gasteiger partial charge in [0.1, 0.15) is 5.75 Å². The predicted molar refractivity (Wildman–Crippen MR) is 92.5 cm³/mol. The van der Waals surface area contributed by atoms with Gasteiger partial charge in [0, 0.05) is 6.54 Å². The van der Waals surface area contributed by atoms with Crippen molar-refractivity contribution in [3.8, 4) is 17.2 Å². The third-order valence-corrected chi connectivity index (χ3v) is 3.44. The van der Waals surface area contributed by atoms with Gasteiger partial charge in [-0.15, -0.1) is 0 Å². The van der Waals surface area contributed by atoms with Gasteiger partial charge in [-0.2, -0.15) is 0 Å². The van der Waals surface area contributed by atoms with Crippen LogP contribution >= 0.6 is 0 Å². The summed E-state index contributed by atoms with van der Waals surface area (Å²) in [5, 5.41) is 2.86. The minimum atomic E-state index is -0.621. The molecule has 0 spiro atoms. The maximum atomic E-state index is 12.2. The van der Waals surface area contributed by atoms with E-state index < -0.39 is 6.10 Å². The van der Waals surface area contributed by atoms with Crippen LogP contribution < -0.4 is 19.5 Å². The van der Waals surface area contributed by atoms with Gasteiger partial charge in [-0.1, -0.05) is 24.3 Å². The summed E-state index contributed by atoms with van der Waals surface area (Å²) in [6.45, 7) is 4.72. The fourth-order valence-electron chi connectivity index (χ4n) is 2.16. The van der Waals surface area contributed by atoms with Gasteiger partial charge in [0.2, 0.25) is 0 Å². The van der Waals surface area contributed by atoms with Crippen molar-refractivity contribution in [1.29, 1.82) is 0 Å². The number of methoxy groups -OCH3 is 1. The highest BCUT2D eigenvalue weighted by atomic mass is 16.5. The standard InChI is InChI=1S/C19H23NO4/c1-4-23-16-11-9-15(10-12-16)13-20-19(21)14(2)24-18-8-6-5-7-17(18)22-3/h5-12,14H,4,13H2,1-3H3,(H,20,21). The molecule has 1 amide bonds. The number of carbonyl (C=O) groups excluding carboxylic acids is 1. The first kappa shape index (κ1) is 17.7.